The van der Waals surface area contributed by atoms with Crippen molar-refractivity contribution in [3.63, 3.8) is 0 Å². The van der Waals surface area contributed by atoms with Crippen LogP contribution in [0.15, 0.2) is 24.4 Å². The molecule has 0 amide bonds. The summed E-state index contributed by atoms with van der Waals surface area (Å²) in [6, 6.07) is 6.41. The first-order chi connectivity index (χ1) is 4.88. The second-order valence-corrected chi connectivity index (χ2v) is 3.01. The number of rotatable bonds is 1. The summed E-state index contributed by atoms with van der Waals surface area (Å²) in [5.41, 5.74) is 1.49. The van der Waals surface area contributed by atoms with Crippen molar-refractivity contribution in [3.8, 4) is 0 Å². The van der Waals surface area contributed by atoms with Gasteiger partial charge in [0, 0.05) is 18.1 Å². The molecule has 0 atom stereocenters. The fraction of sp³-hybridized carbons (Fsp3) is 0.444. The van der Waals surface area contributed by atoms with Gasteiger partial charge in [0.2, 0.25) is 0 Å². The Kier molecular flexibility index (Phi) is 1.23. The highest BCUT2D eigenvalue weighted by Gasteiger charge is 2.30. The van der Waals surface area contributed by atoms with Crippen molar-refractivity contribution < 1.29 is 4.57 Å². The van der Waals surface area contributed by atoms with Crippen LogP contribution in [0.4, 0.5) is 0 Å². The summed E-state index contributed by atoms with van der Waals surface area (Å²) in [6.45, 7) is 0. The SMILES string of the molecule is C[n+]1ccccc1C1CC1. The molecular weight excluding hydrogens is 122 g/mol. The van der Waals surface area contributed by atoms with Crippen molar-refractivity contribution in [3.05, 3.63) is 30.1 Å². The molecule has 0 N–H and O–H groups in total. The molecular formula is C9H12N+. The van der Waals surface area contributed by atoms with Gasteiger partial charge in [-0.3, -0.25) is 0 Å². The first-order valence-corrected chi connectivity index (χ1v) is 3.82. The number of hydrogen-bond acceptors (Lipinski definition) is 0. The Labute approximate surface area is 61.3 Å². The van der Waals surface area contributed by atoms with Crippen LogP contribution in [0, 0.1) is 0 Å². The summed E-state index contributed by atoms with van der Waals surface area (Å²) in [5.74, 6) is 0.867. The summed E-state index contributed by atoms with van der Waals surface area (Å²) in [7, 11) is 2.12. The van der Waals surface area contributed by atoms with E-state index in [1.165, 1.54) is 18.5 Å². The van der Waals surface area contributed by atoms with Gasteiger partial charge in [-0.2, -0.15) is 0 Å². The summed E-state index contributed by atoms with van der Waals surface area (Å²) in [5, 5.41) is 0. The van der Waals surface area contributed by atoms with Crippen LogP contribution in [-0.4, -0.2) is 0 Å². The molecule has 1 aromatic heterocycles. The molecule has 0 bridgehead atoms. The average molecular weight is 134 g/mol. The normalized spacial score (nSPS) is 17.3. The molecule has 1 heterocycles. The molecule has 1 nitrogen and oxygen atoms in total. The van der Waals surface area contributed by atoms with Crippen molar-refractivity contribution in [2.45, 2.75) is 18.8 Å². The van der Waals surface area contributed by atoms with Gasteiger partial charge in [0.05, 0.1) is 0 Å². The van der Waals surface area contributed by atoms with E-state index in [0.29, 0.717) is 0 Å². The van der Waals surface area contributed by atoms with Crippen molar-refractivity contribution in [1.82, 2.24) is 0 Å². The van der Waals surface area contributed by atoms with E-state index in [2.05, 4.69) is 36.0 Å². The largest absolute Gasteiger partial charge is 0.205 e. The topological polar surface area (TPSA) is 3.88 Å². The molecule has 0 aliphatic heterocycles. The molecule has 1 heteroatoms. The van der Waals surface area contributed by atoms with E-state index in [9.17, 15) is 0 Å². The molecule has 0 aromatic carbocycles. The minimum absolute atomic E-state index is 0.867. The molecule has 2 rings (SSSR count). The highest BCUT2D eigenvalue weighted by Crippen LogP contribution is 2.37. The lowest BCUT2D eigenvalue weighted by Crippen LogP contribution is -2.32. The lowest BCUT2D eigenvalue weighted by molar-refractivity contribution is -0.679. The third kappa shape index (κ3) is 0.919. The van der Waals surface area contributed by atoms with E-state index in [-0.39, 0.29) is 0 Å². The van der Waals surface area contributed by atoms with Crippen molar-refractivity contribution in [2.75, 3.05) is 0 Å². The summed E-state index contributed by atoms with van der Waals surface area (Å²) >= 11 is 0. The Morgan fingerprint density at radius 3 is 2.80 bits per heavy atom. The van der Waals surface area contributed by atoms with Gasteiger partial charge in [0.25, 0.3) is 0 Å². The first kappa shape index (κ1) is 5.90. The van der Waals surface area contributed by atoms with Gasteiger partial charge in [0.1, 0.15) is 7.05 Å². The third-order valence-electron chi connectivity index (χ3n) is 2.09. The number of aryl methyl sites for hydroxylation is 1. The number of nitrogens with zero attached hydrogens (tertiary/aromatic N) is 1. The fourth-order valence-electron chi connectivity index (χ4n) is 1.34. The zero-order chi connectivity index (χ0) is 6.97. The number of hydrogen-bond donors (Lipinski definition) is 0. The van der Waals surface area contributed by atoms with Crippen LogP contribution >= 0.6 is 0 Å². The monoisotopic (exact) mass is 134 g/mol. The van der Waals surface area contributed by atoms with Crippen LogP contribution in [0.2, 0.25) is 0 Å². The molecule has 10 heavy (non-hydrogen) atoms. The van der Waals surface area contributed by atoms with Gasteiger partial charge in [0.15, 0.2) is 11.9 Å². The Morgan fingerprint density at radius 1 is 1.40 bits per heavy atom. The van der Waals surface area contributed by atoms with E-state index in [0.717, 1.165) is 5.92 Å². The van der Waals surface area contributed by atoms with Gasteiger partial charge >= 0.3 is 0 Å². The fourth-order valence-corrected chi connectivity index (χ4v) is 1.34. The highest BCUT2D eigenvalue weighted by molar-refractivity contribution is 5.09. The van der Waals surface area contributed by atoms with Crippen molar-refractivity contribution >= 4 is 0 Å². The lowest BCUT2D eigenvalue weighted by atomic mass is 10.2. The van der Waals surface area contributed by atoms with Crippen LogP contribution in [0.25, 0.3) is 0 Å². The highest BCUT2D eigenvalue weighted by atomic mass is 14.9. The van der Waals surface area contributed by atoms with Crippen LogP contribution in [0.1, 0.15) is 24.5 Å². The van der Waals surface area contributed by atoms with Crippen LogP contribution in [0.5, 0.6) is 0 Å². The second kappa shape index (κ2) is 2.08. The Hall–Kier alpha value is -0.850. The second-order valence-electron chi connectivity index (χ2n) is 3.01. The lowest BCUT2D eigenvalue weighted by Gasteiger charge is -1.93. The number of aromatic nitrogens is 1. The summed E-state index contributed by atoms with van der Waals surface area (Å²) in [6.07, 6.45) is 4.89. The maximum atomic E-state index is 2.22. The van der Waals surface area contributed by atoms with E-state index >= 15 is 0 Å². The molecule has 1 fully saturated rings. The Morgan fingerprint density at radius 2 is 2.20 bits per heavy atom. The van der Waals surface area contributed by atoms with Gasteiger partial charge in [-0.05, 0) is 12.8 Å². The molecule has 0 radical (unpaired) electrons. The maximum Gasteiger partial charge on any atom is 0.184 e. The van der Waals surface area contributed by atoms with Gasteiger partial charge in [-0.15, -0.1) is 0 Å². The van der Waals surface area contributed by atoms with Crippen LogP contribution in [-0.2, 0) is 7.05 Å². The average Bonchev–Trinajstić information content (AvgIpc) is 2.71. The van der Waals surface area contributed by atoms with Gasteiger partial charge < -0.3 is 0 Å². The minimum atomic E-state index is 0.867. The van der Waals surface area contributed by atoms with Crippen molar-refractivity contribution in [1.29, 1.82) is 0 Å². The van der Waals surface area contributed by atoms with E-state index in [1.807, 2.05) is 0 Å². The predicted octanol–water partition coefficient (Wildman–Crippen LogP) is 1.39. The molecule has 1 aliphatic rings. The van der Waals surface area contributed by atoms with Gasteiger partial charge in [-0.1, -0.05) is 6.07 Å². The predicted molar refractivity (Wildman–Crippen MR) is 39.6 cm³/mol. The third-order valence-corrected chi connectivity index (χ3v) is 2.09. The molecule has 52 valence electrons. The van der Waals surface area contributed by atoms with Gasteiger partial charge in [-0.25, -0.2) is 4.57 Å². The Bertz CT molecular complexity index is 238. The molecule has 0 spiro atoms. The first-order valence-electron chi connectivity index (χ1n) is 3.82. The molecule has 0 unspecified atom stereocenters. The molecule has 1 saturated carbocycles. The zero-order valence-corrected chi connectivity index (χ0v) is 6.25. The Balaban J connectivity index is 2.39. The molecule has 0 saturated heterocycles. The number of pyridine rings is 1. The molecule has 1 aliphatic carbocycles. The van der Waals surface area contributed by atoms with Crippen LogP contribution in [0.3, 0.4) is 0 Å². The van der Waals surface area contributed by atoms with Crippen LogP contribution < -0.4 is 4.57 Å². The maximum absolute atomic E-state index is 2.22. The minimum Gasteiger partial charge on any atom is -0.205 e. The quantitative estimate of drug-likeness (QED) is 0.511. The van der Waals surface area contributed by atoms with E-state index in [1.54, 1.807) is 0 Å². The summed E-state index contributed by atoms with van der Waals surface area (Å²) in [4.78, 5) is 0. The zero-order valence-electron chi connectivity index (χ0n) is 6.25. The van der Waals surface area contributed by atoms with E-state index in [4.69, 9.17) is 0 Å². The standard InChI is InChI=1S/C9H12N/c1-10-7-3-2-4-9(10)8-5-6-8/h2-4,7-8H,5-6H2,1H3/q+1. The summed E-state index contributed by atoms with van der Waals surface area (Å²) < 4.78 is 2.22. The smallest absolute Gasteiger partial charge is 0.184 e. The van der Waals surface area contributed by atoms with Crippen molar-refractivity contribution in [2.24, 2.45) is 7.05 Å². The molecule has 1 aromatic rings. The van der Waals surface area contributed by atoms with E-state index < -0.39 is 0 Å².